The fourth-order valence-corrected chi connectivity index (χ4v) is 1.99. The second kappa shape index (κ2) is 5.46. The molecule has 0 bridgehead atoms. The van der Waals surface area contributed by atoms with Crippen LogP contribution in [-0.4, -0.2) is 17.2 Å². The Morgan fingerprint density at radius 2 is 2.28 bits per heavy atom. The summed E-state index contributed by atoms with van der Waals surface area (Å²) in [6.07, 6.45) is 1.90. The minimum Gasteiger partial charge on any atom is -0.286 e. The maximum absolute atomic E-state index is 9.17. The highest BCUT2D eigenvalue weighted by molar-refractivity contribution is 14.1. The summed E-state index contributed by atoms with van der Waals surface area (Å²) in [5.74, 6) is 0. The highest BCUT2D eigenvalue weighted by Crippen LogP contribution is 2.28. The molecule has 0 aromatic heterocycles. The molecule has 1 aliphatic rings. The number of hydrogen-bond donors (Lipinski definition) is 1. The van der Waals surface area contributed by atoms with E-state index in [0.717, 1.165) is 9.39 Å². The molecule has 1 aliphatic heterocycles. The molecule has 0 amide bonds. The molecule has 0 saturated carbocycles. The Hall–Kier alpha value is -1.46. The van der Waals surface area contributed by atoms with Crippen molar-refractivity contribution >= 4 is 51.3 Å². The molecule has 0 spiro atoms. The first-order chi connectivity index (χ1) is 8.65. The van der Waals surface area contributed by atoms with Gasteiger partial charge in [-0.2, -0.15) is 10.3 Å². The summed E-state index contributed by atoms with van der Waals surface area (Å²) in [5.41, 5.74) is 5.00. The number of nitrogens with one attached hydrogen (secondary N) is 1. The monoisotopic (exact) mass is 369 g/mol. The normalized spacial score (nSPS) is 13.9. The molecule has 0 unspecified atom stereocenters. The van der Waals surface area contributed by atoms with Crippen molar-refractivity contribution in [3.63, 3.8) is 0 Å². The van der Waals surface area contributed by atoms with E-state index in [4.69, 9.17) is 0 Å². The van der Waals surface area contributed by atoms with Gasteiger partial charge < -0.3 is 0 Å². The van der Waals surface area contributed by atoms with Crippen molar-refractivity contribution in [3.8, 4) is 6.07 Å². The summed E-state index contributed by atoms with van der Waals surface area (Å²) in [6.45, 7) is 0. The average molecular weight is 369 g/mol. The predicted octanol–water partition coefficient (Wildman–Crippen LogP) is 2.70. The van der Waals surface area contributed by atoms with Crippen LogP contribution in [0.2, 0.25) is 0 Å². The zero-order valence-corrected chi connectivity index (χ0v) is 12.4. The molecule has 1 N–H and O–H groups in total. The molecule has 1 heterocycles. The van der Waals surface area contributed by atoms with Crippen LogP contribution < -0.4 is 10.5 Å². The van der Waals surface area contributed by atoms with Crippen LogP contribution in [0.15, 0.2) is 33.1 Å². The molecule has 18 heavy (non-hydrogen) atoms. The SMILES string of the molecule is CN1NN(c2ccc(N=C=S)cc2C#N)C=C1I. The summed E-state index contributed by atoms with van der Waals surface area (Å²) in [6, 6.07) is 7.43. The molecular weight excluding hydrogens is 361 g/mol. The minimum atomic E-state index is 0.518. The Bertz CT molecular complexity index is 600. The van der Waals surface area contributed by atoms with Crippen molar-refractivity contribution in [3.05, 3.63) is 33.7 Å². The Morgan fingerprint density at radius 1 is 1.50 bits per heavy atom. The topological polar surface area (TPSA) is 54.7 Å². The van der Waals surface area contributed by atoms with Crippen molar-refractivity contribution in [1.82, 2.24) is 10.5 Å². The van der Waals surface area contributed by atoms with Gasteiger partial charge in [-0.3, -0.25) is 10.0 Å². The average Bonchev–Trinajstić information content (AvgIpc) is 2.69. The molecular formula is C11H8IN5S. The zero-order chi connectivity index (χ0) is 13.1. The standard InChI is InChI=1S/C11H8IN5S/c1-16-11(12)6-17(15-16)10-3-2-9(14-7-18)4-8(10)5-13/h2-4,6,15H,1H3. The second-order valence-electron chi connectivity index (χ2n) is 3.50. The third kappa shape index (κ3) is 2.52. The van der Waals surface area contributed by atoms with Crippen LogP contribution in [0.4, 0.5) is 11.4 Å². The van der Waals surface area contributed by atoms with Crippen molar-refractivity contribution in [2.75, 3.05) is 12.1 Å². The first kappa shape index (κ1) is 13.0. The first-order valence-electron chi connectivity index (χ1n) is 4.94. The summed E-state index contributed by atoms with van der Waals surface area (Å²) in [5, 5.41) is 15.1. The van der Waals surface area contributed by atoms with Gasteiger partial charge in [0.2, 0.25) is 0 Å². The smallest absolute Gasteiger partial charge is 0.109 e. The maximum atomic E-state index is 9.17. The van der Waals surface area contributed by atoms with E-state index in [1.165, 1.54) is 0 Å². The Kier molecular flexibility index (Phi) is 3.93. The third-order valence-corrected chi connectivity index (χ3v) is 3.44. The van der Waals surface area contributed by atoms with Crippen LogP contribution in [0.5, 0.6) is 0 Å². The lowest BCUT2D eigenvalue weighted by Crippen LogP contribution is -2.37. The van der Waals surface area contributed by atoms with E-state index in [1.54, 1.807) is 17.1 Å². The summed E-state index contributed by atoms with van der Waals surface area (Å²) in [7, 11) is 1.90. The number of thiocarbonyl (C=S) groups is 1. The summed E-state index contributed by atoms with van der Waals surface area (Å²) >= 11 is 6.75. The number of hydrazine groups is 2. The number of isothiocyanates is 1. The number of halogens is 1. The minimum absolute atomic E-state index is 0.518. The lowest BCUT2D eigenvalue weighted by atomic mass is 10.1. The fourth-order valence-electron chi connectivity index (χ4n) is 1.50. The lowest BCUT2D eigenvalue weighted by molar-refractivity contribution is 0.355. The van der Waals surface area contributed by atoms with Gasteiger partial charge in [0.25, 0.3) is 0 Å². The zero-order valence-electron chi connectivity index (χ0n) is 9.38. The van der Waals surface area contributed by atoms with Crippen LogP contribution in [0, 0.1) is 11.3 Å². The number of nitriles is 1. The number of rotatable bonds is 2. The highest BCUT2D eigenvalue weighted by Gasteiger charge is 2.18. The highest BCUT2D eigenvalue weighted by atomic mass is 127. The van der Waals surface area contributed by atoms with Gasteiger partial charge in [-0.05, 0) is 53.0 Å². The molecule has 0 aliphatic carbocycles. The summed E-state index contributed by atoms with van der Waals surface area (Å²) in [4.78, 5) is 3.86. The quantitative estimate of drug-likeness (QED) is 0.376. The van der Waals surface area contributed by atoms with Gasteiger partial charge in [-0.25, -0.2) is 0 Å². The van der Waals surface area contributed by atoms with Gasteiger partial charge in [0, 0.05) is 7.05 Å². The maximum Gasteiger partial charge on any atom is 0.109 e. The van der Waals surface area contributed by atoms with Crippen LogP contribution in [-0.2, 0) is 0 Å². The van der Waals surface area contributed by atoms with Crippen LogP contribution in [0.25, 0.3) is 0 Å². The summed E-state index contributed by atoms with van der Waals surface area (Å²) < 4.78 is 1.03. The Morgan fingerprint density at radius 3 is 2.83 bits per heavy atom. The predicted molar refractivity (Wildman–Crippen MR) is 81.3 cm³/mol. The van der Waals surface area contributed by atoms with E-state index in [0.29, 0.717) is 11.3 Å². The van der Waals surface area contributed by atoms with E-state index in [2.05, 4.69) is 56.6 Å². The van der Waals surface area contributed by atoms with Crippen molar-refractivity contribution in [2.45, 2.75) is 0 Å². The Labute approximate surface area is 123 Å². The molecule has 7 heteroatoms. The Balaban J connectivity index is 2.41. The van der Waals surface area contributed by atoms with Crippen LogP contribution in [0.1, 0.15) is 5.56 Å². The lowest BCUT2D eigenvalue weighted by Gasteiger charge is -2.20. The number of aliphatic imine (C=N–C) groups is 1. The van der Waals surface area contributed by atoms with Gasteiger partial charge >= 0.3 is 0 Å². The van der Waals surface area contributed by atoms with Gasteiger partial charge in [0.1, 0.15) is 9.77 Å². The molecule has 0 radical (unpaired) electrons. The molecule has 0 atom stereocenters. The number of nitrogens with zero attached hydrogens (tertiary/aromatic N) is 4. The van der Waals surface area contributed by atoms with Gasteiger partial charge in [-0.15, -0.1) is 5.53 Å². The third-order valence-electron chi connectivity index (χ3n) is 2.35. The molecule has 0 fully saturated rings. The van der Waals surface area contributed by atoms with Crippen molar-refractivity contribution in [1.29, 1.82) is 5.26 Å². The van der Waals surface area contributed by atoms with E-state index in [1.807, 2.05) is 24.3 Å². The first-order valence-corrected chi connectivity index (χ1v) is 6.43. The van der Waals surface area contributed by atoms with E-state index < -0.39 is 0 Å². The van der Waals surface area contributed by atoms with Crippen LogP contribution in [0.3, 0.4) is 0 Å². The molecule has 5 nitrogen and oxygen atoms in total. The van der Waals surface area contributed by atoms with E-state index in [-0.39, 0.29) is 0 Å². The van der Waals surface area contributed by atoms with Crippen molar-refractivity contribution < 1.29 is 0 Å². The van der Waals surface area contributed by atoms with Crippen molar-refractivity contribution in [2.24, 2.45) is 4.99 Å². The fraction of sp³-hybridized carbons (Fsp3) is 0.0909. The second-order valence-corrected chi connectivity index (χ2v) is 4.79. The molecule has 1 aromatic rings. The molecule has 2 rings (SSSR count). The number of hydrogen-bond acceptors (Lipinski definition) is 6. The molecule has 90 valence electrons. The van der Waals surface area contributed by atoms with E-state index in [9.17, 15) is 5.26 Å². The molecule has 0 saturated heterocycles. The van der Waals surface area contributed by atoms with Crippen LogP contribution >= 0.6 is 34.8 Å². The van der Waals surface area contributed by atoms with Gasteiger partial charge in [0.15, 0.2) is 0 Å². The largest absolute Gasteiger partial charge is 0.286 e. The number of anilines is 1. The molecule has 1 aromatic carbocycles. The van der Waals surface area contributed by atoms with E-state index >= 15 is 0 Å². The van der Waals surface area contributed by atoms with Gasteiger partial charge in [0.05, 0.1) is 28.3 Å². The number of benzene rings is 1. The van der Waals surface area contributed by atoms with Gasteiger partial charge in [-0.1, -0.05) is 0 Å².